The quantitative estimate of drug-likeness (QED) is 0.873. The minimum atomic E-state index is -4.47. The number of nitrogens with zero attached hydrogens (tertiary/aromatic N) is 1. The third-order valence-electron chi connectivity index (χ3n) is 2.49. The Bertz CT molecular complexity index is 424. The van der Waals surface area contributed by atoms with Gasteiger partial charge in [0.1, 0.15) is 5.82 Å². The van der Waals surface area contributed by atoms with Crippen LogP contribution in [-0.2, 0) is 6.18 Å². The van der Waals surface area contributed by atoms with Gasteiger partial charge in [0.25, 0.3) is 0 Å². The van der Waals surface area contributed by atoms with Gasteiger partial charge in [-0.05, 0) is 18.4 Å². The third-order valence-corrected chi connectivity index (χ3v) is 2.77. The molecule has 1 heterocycles. The summed E-state index contributed by atoms with van der Waals surface area (Å²) in [4.78, 5) is 3.67. The van der Waals surface area contributed by atoms with Crippen LogP contribution in [0.2, 0.25) is 5.02 Å². The average molecular weight is 297 g/mol. The molecule has 0 aliphatic carbocycles. The van der Waals surface area contributed by atoms with Crippen molar-refractivity contribution in [3.8, 4) is 0 Å². The molecule has 0 saturated heterocycles. The van der Waals surface area contributed by atoms with E-state index in [9.17, 15) is 18.3 Å². The topological polar surface area (TPSA) is 45.1 Å². The zero-order valence-corrected chi connectivity index (χ0v) is 11.4. The van der Waals surface area contributed by atoms with E-state index in [-0.39, 0.29) is 23.5 Å². The van der Waals surface area contributed by atoms with Crippen LogP contribution in [0.4, 0.5) is 19.0 Å². The van der Waals surface area contributed by atoms with Crippen molar-refractivity contribution in [1.82, 2.24) is 4.98 Å². The van der Waals surface area contributed by atoms with Crippen LogP contribution in [0.25, 0.3) is 0 Å². The molecule has 0 aliphatic rings. The molecular formula is C12H16ClF3N2O. The van der Waals surface area contributed by atoms with E-state index in [4.69, 9.17) is 11.6 Å². The molecule has 1 aromatic rings. The largest absolute Gasteiger partial charge is 0.417 e. The van der Waals surface area contributed by atoms with Crippen LogP contribution in [0, 0.1) is 5.92 Å². The van der Waals surface area contributed by atoms with E-state index >= 15 is 0 Å². The molecule has 0 unspecified atom stereocenters. The van der Waals surface area contributed by atoms with Gasteiger partial charge >= 0.3 is 6.18 Å². The summed E-state index contributed by atoms with van der Waals surface area (Å²) in [5, 5.41) is 11.9. The van der Waals surface area contributed by atoms with Crippen molar-refractivity contribution in [3.05, 3.63) is 22.8 Å². The highest BCUT2D eigenvalue weighted by Gasteiger charge is 2.31. The number of anilines is 1. The van der Waals surface area contributed by atoms with Crippen LogP contribution < -0.4 is 5.32 Å². The van der Waals surface area contributed by atoms with Crippen LogP contribution in [-0.4, -0.2) is 22.7 Å². The highest BCUT2D eigenvalue weighted by atomic mass is 35.5. The summed E-state index contributed by atoms with van der Waals surface area (Å²) < 4.78 is 37.3. The summed E-state index contributed by atoms with van der Waals surface area (Å²) in [5.41, 5.74) is -0.896. The third kappa shape index (κ3) is 4.87. The molecule has 2 N–H and O–H groups in total. The predicted octanol–water partition coefficient (Wildman–Crippen LogP) is 3.57. The summed E-state index contributed by atoms with van der Waals surface area (Å²) in [5.74, 6) is 0.479. The maximum absolute atomic E-state index is 12.4. The molecule has 7 heteroatoms. The van der Waals surface area contributed by atoms with Crippen molar-refractivity contribution in [2.45, 2.75) is 32.5 Å². The number of aliphatic hydroxyl groups is 1. The lowest BCUT2D eigenvalue weighted by Crippen LogP contribution is -2.26. The van der Waals surface area contributed by atoms with Gasteiger partial charge < -0.3 is 10.4 Å². The highest BCUT2D eigenvalue weighted by Crippen LogP contribution is 2.32. The van der Waals surface area contributed by atoms with Crippen molar-refractivity contribution in [2.24, 2.45) is 5.92 Å². The van der Waals surface area contributed by atoms with Crippen molar-refractivity contribution >= 4 is 17.4 Å². The summed E-state index contributed by atoms with van der Waals surface area (Å²) in [7, 11) is 0. The van der Waals surface area contributed by atoms with Gasteiger partial charge in [-0.1, -0.05) is 25.4 Å². The first-order valence-electron chi connectivity index (χ1n) is 5.84. The molecular weight excluding hydrogens is 281 g/mol. The van der Waals surface area contributed by atoms with Crippen LogP contribution in [0.5, 0.6) is 0 Å². The summed E-state index contributed by atoms with van der Waals surface area (Å²) >= 11 is 5.77. The number of alkyl halides is 3. The van der Waals surface area contributed by atoms with Crippen molar-refractivity contribution in [1.29, 1.82) is 0 Å². The van der Waals surface area contributed by atoms with Crippen LogP contribution in [0.1, 0.15) is 25.8 Å². The number of hydrogen-bond acceptors (Lipinski definition) is 3. The molecule has 0 saturated carbocycles. The zero-order chi connectivity index (χ0) is 14.6. The van der Waals surface area contributed by atoms with Gasteiger partial charge in [-0.25, -0.2) is 4.98 Å². The maximum Gasteiger partial charge on any atom is 0.417 e. The maximum atomic E-state index is 12.4. The second-order valence-corrected chi connectivity index (χ2v) is 5.11. The van der Waals surface area contributed by atoms with Crippen LogP contribution in [0.15, 0.2) is 12.3 Å². The molecule has 0 aliphatic heterocycles. The molecule has 0 fully saturated rings. The summed E-state index contributed by atoms with van der Waals surface area (Å²) in [6, 6.07) is 0.530. The van der Waals surface area contributed by atoms with Gasteiger partial charge in [0, 0.05) is 6.20 Å². The molecule has 0 radical (unpaired) electrons. The van der Waals surface area contributed by atoms with E-state index in [1.54, 1.807) is 0 Å². The first kappa shape index (κ1) is 16.0. The molecule has 0 amide bonds. The Morgan fingerprint density at radius 3 is 2.47 bits per heavy atom. The van der Waals surface area contributed by atoms with Gasteiger partial charge in [0.15, 0.2) is 0 Å². The van der Waals surface area contributed by atoms with Gasteiger partial charge in [-0.3, -0.25) is 0 Å². The van der Waals surface area contributed by atoms with Gasteiger partial charge in [-0.15, -0.1) is 0 Å². The number of hydrogen-bond donors (Lipinski definition) is 2. The minimum absolute atomic E-state index is 0.114. The summed E-state index contributed by atoms with van der Waals surface area (Å²) in [6.07, 6.45) is -3.09. The van der Waals surface area contributed by atoms with Gasteiger partial charge in [0.2, 0.25) is 0 Å². The SMILES string of the molecule is CC(C)C[C@@H](CO)Nc1ncc(C(F)(F)F)cc1Cl. The molecule has 3 nitrogen and oxygen atoms in total. The highest BCUT2D eigenvalue weighted by molar-refractivity contribution is 6.33. The Labute approximate surface area is 114 Å². The van der Waals surface area contributed by atoms with Crippen molar-refractivity contribution < 1.29 is 18.3 Å². The Morgan fingerprint density at radius 1 is 1.42 bits per heavy atom. The second-order valence-electron chi connectivity index (χ2n) is 4.71. The molecule has 0 bridgehead atoms. The Kier molecular flexibility index (Phi) is 5.43. The van der Waals surface area contributed by atoms with Crippen LogP contribution in [0.3, 0.4) is 0 Å². The predicted molar refractivity (Wildman–Crippen MR) is 68.2 cm³/mol. The van der Waals surface area contributed by atoms with E-state index in [0.717, 1.165) is 12.3 Å². The molecule has 0 spiro atoms. The molecule has 1 atom stereocenters. The van der Waals surface area contributed by atoms with Crippen LogP contribution >= 0.6 is 11.6 Å². The fraction of sp³-hybridized carbons (Fsp3) is 0.583. The van der Waals surface area contributed by atoms with E-state index in [2.05, 4.69) is 10.3 Å². The fourth-order valence-electron chi connectivity index (χ4n) is 1.64. The van der Waals surface area contributed by atoms with E-state index in [0.29, 0.717) is 12.3 Å². The monoisotopic (exact) mass is 296 g/mol. The molecule has 0 aromatic carbocycles. The van der Waals surface area contributed by atoms with E-state index in [1.165, 1.54) is 0 Å². The van der Waals surface area contributed by atoms with Gasteiger partial charge in [0.05, 0.1) is 23.2 Å². The Morgan fingerprint density at radius 2 is 2.05 bits per heavy atom. The van der Waals surface area contributed by atoms with E-state index < -0.39 is 11.7 Å². The zero-order valence-electron chi connectivity index (χ0n) is 10.6. The number of pyridine rings is 1. The number of halogens is 4. The first-order chi connectivity index (χ1) is 8.74. The van der Waals surface area contributed by atoms with Gasteiger partial charge in [-0.2, -0.15) is 13.2 Å². The standard InChI is InChI=1S/C12H16ClF3N2O/c1-7(2)3-9(6-19)18-11-10(13)4-8(5-17-11)12(14,15)16/h4-5,7,9,19H,3,6H2,1-2H3,(H,17,18)/t9-/m0/s1. The average Bonchev–Trinajstić information content (AvgIpc) is 2.28. The lowest BCUT2D eigenvalue weighted by Gasteiger charge is -2.19. The number of aliphatic hydroxyl groups excluding tert-OH is 1. The van der Waals surface area contributed by atoms with Crippen molar-refractivity contribution in [2.75, 3.05) is 11.9 Å². The Balaban J connectivity index is 2.85. The Hall–Kier alpha value is -1.01. The fourth-order valence-corrected chi connectivity index (χ4v) is 1.86. The normalized spacial score (nSPS) is 13.7. The van der Waals surface area contributed by atoms with E-state index in [1.807, 2.05) is 13.8 Å². The molecule has 1 aromatic heterocycles. The first-order valence-corrected chi connectivity index (χ1v) is 6.22. The molecule has 19 heavy (non-hydrogen) atoms. The smallest absolute Gasteiger partial charge is 0.394 e. The van der Waals surface area contributed by atoms with Crippen molar-refractivity contribution in [3.63, 3.8) is 0 Å². The molecule has 1 rings (SSSR count). The summed E-state index contributed by atoms with van der Waals surface area (Å²) in [6.45, 7) is 3.81. The minimum Gasteiger partial charge on any atom is -0.394 e. The molecule has 108 valence electrons. The number of nitrogens with one attached hydrogen (secondary N) is 1. The second kappa shape index (κ2) is 6.43. The lowest BCUT2D eigenvalue weighted by molar-refractivity contribution is -0.137. The number of aromatic nitrogens is 1. The number of rotatable bonds is 5. The lowest BCUT2D eigenvalue weighted by atomic mass is 10.0.